The number of rotatable bonds is 4. The molecule has 4 rings (SSSR count). The second-order valence-corrected chi connectivity index (χ2v) is 17.3. The average Bonchev–Trinajstić information content (AvgIpc) is 3.06. The van der Waals surface area contributed by atoms with Gasteiger partial charge in [-0.3, -0.25) is 0 Å². The lowest BCUT2D eigenvalue weighted by Crippen LogP contribution is -2.43. The number of fused-ring (bicyclic) bond motifs is 3. The second kappa shape index (κ2) is 9.45. The Morgan fingerprint density at radius 1 is 0.667 bits per heavy atom. The topological polar surface area (TPSA) is 4.93 Å². The maximum absolute atomic E-state index is 3.85. The van der Waals surface area contributed by atoms with Gasteiger partial charge in [-0.1, -0.05) is 79.3 Å². The van der Waals surface area contributed by atoms with Crippen molar-refractivity contribution in [3.63, 3.8) is 0 Å². The fourth-order valence-corrected chi connectivity index (χ4v) is 11.5. The van der Waals surface area contributed by atoms with Gasteiger partial charge in [0, 0.05) is 31.0 Å². The maximum atomic E-state index is 3.85. The molecule has 0 saturated carbocycles. The molecule has 0 amide bonds. The zero-order chi connectivity index (χ0) is 23.9. The zero-order valence-corrected chi connectivity index (χ0v) is 24.4. The fourth-order valence-electron chi connectivity index (χ4n) is 5.55. The van der Waals surface area contributed by atoms with Crippen LogP contribution in [0.2, 0.25) is 16.6 Å². The number of hydrogen-bond acceptors (Lipinski definition) is 0. The molecule has 1 aromatic heterocycles. The molecular weight excluding hydrogens is 550 g/mol. The van der Waals surface area contributed by atoms with Crippen molar-refractivity contribution in [1.29, 1.82) is 0 Å². The summed E-state index contributed by atoms with van der Waals surface area (Å²) < 4.78 is 4.52. The molecule has 1 nitrogen and oxygen atoms in total. The van der Waals surface area contributed by atoms with Crippen molar-refractivity contribution >= 4 is 61.7 Å². The largest absolute Gasteiger partial charge is 0.309 e. The molecule has 0 unspecified atom stereocenters. The van der Waals surface area contributed by atoms with Crippen molar-refractivity contribution in [2.24, 2.45) is 0 Å². The summed E-state index contributed by atoms with van der Waals surface area (Å²) in [6.07, 6.45) is 0. The lowest BCUT2D eigenvalue weighted by molar-refractivity contribution is 0.838. The first-order valence-corrected chi connectivity index (χ1v) is 15.5. The van der Waals surface area contributed by atoms with Crippen LogP contribution in [-0.4, -0.2) is 12.6 Å². The third kappa shape index (κ3) is 4.36. The summed E-state index contributed by atoms with van der Waals surface area (Å²) in [6, 6.07) is 21.8. The first-order valence-electron chi connectivity index (χ1n) is 11.7. The van der Waals surface area contributed by atoms with Gasteiger partial charge in [-0.25, -0.2) is 0 Å². The monoisotopic (exact) mass is 579 g/mol. The van der Waals surface area contributed by atoms with Crippen LogP contribution in [0.4, 0.5) is 0 Å². The van der Waals surface area contributed by atoms with E-state index in [1.807, 2.05) is 0 Å². The lowest BCUT2D eigenvalue weighted by Gasteiger charge is -2.38. The molecule has 170 valence electrons. The molecule has 0 fully saturated rings. The number of aromatic nitrogens is 1. The van der Waals surface area contributed by atoms with Gasteiger partial charge in [-0.2, -0.15) is 0 Å². The van der Waals surface area contributed by atoms with Gasteiger partial charge in [0.2, 0.25) is 0 Å². The van der Waals surface area contributed by atoms with Crippen molar-refractivity contribution < 1.29 is 0 Å². The highest BCUT2D eigenvalue weighted by atomic mass is 79.9. The predicted octanol–water partition coefficient (Wildman–Crippen LogP) is 9.88. The third-order valence-corrected chi connectivity index (χ3v) is 14.4. The van der Waals surface area contributed by atoms with E-state index in [1.54, 1.807) is 0 Å². The van der Waals surface area contributed by atoms with E-state index in [2.05, 4.69) is 150 Å². The average molecular weight is 581 g/mol. The lowest BCUT2D eigenvalue weighted by atomic mass is 10.2. The van der Waals surface area contributed by atoms with Crippen LogP contribution in [0.5, 0.6) is 0 Å². The van der Waals surface area contributed by atoms with Crippen LogP contribution in [0.25, 0.3) is 27.5 Å². The molecule has 3 aromatic carbocycles. The number of benzene rings is 3. The van der Waals surface area contributed by atoms with Gasteiger partial charge in [0.15, 0.2) is 0 Å². The smallest absolute Gasteiger partial charge is 0.146 e. The summed E-state index contributed by atoms with van der Waals surface area (Å²) in [5, 5.41) is 2.48. The van der Waals surface area contributed by atoms with E-state index in [4.69, 9.17) is 0 Å². The van der Waals surface area contributed by atoms with Gasteiger partial charge < -0.3 is 4.57 Å². The Hall–Kier alpha value is -1.80. The highest BCUT2D eigenvalue weighted by Gasteiger charge is 2.41. The predicted molar refractivity (Wildman–Crippen MR) is 154 cm³/mol. The standard InChI is InChI=1S/C29H31Br2NSi/c1-19(2)33(20(3)4,21(5)6)16-15-22-7-11-25(12-8-22)32-28-13-9-23(30)17-26(28)27-18-24(31)10-14-29(27)32/h7-14,17-21H,1-6H3. The van der Waals surface area contributed by atoms with Crippen LogP contribution in [0.15, 0.2) is 69.6 Å². The van der Waals surface area contributed by atoms with E-state index in [9.17, 15) is 0 Å². The minimum atomic E-state index is -1.74. The highest BCUT2D eigenvalue weighted by Crippen LogP contribution is 2.41. The van der Waals surface area contributed by atoms with Crippen LogP contribution < -0.4 is 0 Å². The molecule has 0 aliphatic heterocycles. The maximum Gasteiger partial charge on any atom is 0.146 e. The van der Waals surface area contributed by atoms with Gasteiger partial charge in [-0.05, 0) is 77.3 Å². The Balaban J connectivity index is 1.81. The molecule has 0 aliphatic rings. The van der Waals surface area contributed by atoms with Crippen molar-refractivity contribution in [2.45, 2.75) is 58.2 Å². The molecule has 4 aromatic rings. The van der Waals surface area contributed by atoms with Crippen molar-refractivity contribution in [1.82, 2.24) is 4.57 Å². The summed E-state index contributed by atoms with van der Waals surface area (Å²) in [5.41, 5.74) is 10.4. The Kier molecular flexibility index (Phi) is 6.96. The summed E-state index contributed by atoms with van der Waals surface area (Å²) in [6.45, 7) is 14.2. The van der Waals surface area contributed by atoms with Crippen LogP contribution in [0, 0.1) is 11.5 Å². The second-order valence-electron chi connectivity index (χ2n) is 9.85. The summed E-state index contributed by atoms with van der Waals surface area (Å²) in [4.78, 5) is 0. The molecule has 0 radical (unpaired) electrons. The first-order chi connectivity index (χ1) is 15.6. The van der Waals surface area contributed by atoms with Crippen LogP contribution >= 0.6 is 31.9 Å². The fraction of sp³-hybridized carbons (Fsp3) is 0.310. The van der Waals surface area contributed by atoms with Crippen molar-refractivity contribution in [3.05, 3.63) is 75.2 Å². The molecule has 33 heavy (non-hydrogen) atoms. The van der Waals surface area contributed by atoms with Gasteiger partial charge >= 0.3 is 0 Å². The van der Waals surface area contributed by atoms with Gasteiger partial charge in [0.05, 0.1) is 11.0 Å². The molecule has 0 bridgehead atoms. The normalized spacial score (nSPS) is 12.2. The molecule has 0 atom stereocenters. The number of nitrogens with zero attached hydrogens (tertiary/aromatic N) is 1. The quantitative estimate of drug-likeness (QED) is 0.167. The third-order valence-electron chi connectivity index (χ3n) is 7.10. The molecule has 1 heterocycles. The minimum absolute atomic E-state index is 0.639. The molecule has 0 N–H and O–H groups in total. The van der Waals surface area contributed by atoms with E-state index >= 15 is 0 Å². The van der Waals surface area contributed by atoms with Gasteiger partial charge in [0.25, 0.3) is 0 Å². The van der Waals surface area contributed by atoms with Crippen molar-refractivity contribution in [3.8, 4) is 17.2 Å². The Labute approximate surface area is 215 Å². The zero-order valence-electron chi connectivity index (χ0n) is 20.2. The SMILES string of the molecule is CC(C)[Si](C#Cc1ccc(-n2c3ccc(Br)cc3c3cc(Br)ccc32)cc1)(C(C)C)C(C)C. The molecule has 4 heteroatoms. The Morgan fingerprint density at radius 3 is 1.55 bits per heavy atom. The number of hydrogen-bond donors (Lipinski definition) is 0. The van der Waals surface area contributed by atoms with E-state index in [1.165, 1.54) is 21.8 Å². The molecule has 0 aliphatic carbocycles. The number of halogens is 2. The summed E-state index contributed by atoms with van der Waals surface area (Å²) >= 11 is 7.28. The first kappa shape index (κ1) is 24.3. The minimum Gasteiger partial charge on any atom is -0.309 e. The van der Waals surface area contributed by atoms with Crippen LogP contribution in [0.1, 0.15) is 47.1 Å². The van der Waals surface area contributed by atoms with Crippen LogP contribution in [0.3, 0.4) is 0 Å². The van der Waals surface area contributed by atoms with Gasteiger partial charge in [-0.15, -0.1) is 5.54 Å². The van der Waals surface area contributed by atoms with E-state index in [0.29, 0.717) is 16.6 Å². The summed E-state index contributed by atoms with van der Waals surface area (Å²) in [7, 11) is -1.74. The molecular formula is C29H31Br2NSi. The molecule has 0 spiro atoms. The Morgan fingerprint density at radius 2 is 1.12 bits per heavy atom. The Bertz CT molecular complexity index is 1290. The van der Waals surface area contributed by atoms with Crippen molar-refractivity contribution in [2.75, 3.05) is 0 Å². The summed E-state index contributed by atoms with van der Waals surface area (Å²) in [5.74, 6) is 3.58. The highest BCUT2D eigenvalue weighted by molar-refractivity contribution is 9.10. The molecule has 0 saturated heterocycles. The van der Waals surface area contributed by atoms with Gasteiger partial charge in [0.1, 0.15) is 8.07 Å². The van der Waals surface area contributed by atoms with E-state index in [-0.39, 0.29) is 0 Å². The van der Waals surface area contributed by atoms with E-state index in [0.717, 1.165) is 20.2 Å². The van der Waals surface area contributed by atoms with Crippen LogP contribution in [-0.2, 0) is 0 Å². The van der Waals surface area contributed by atoms with E-state index < -0.39 is 8.07 Å².